The number of likely N-dealkylation sites (tertiary alicyclic amines) is 1. The molecule has 0 amide bonds. The minimum absolute atomic E-state index is 0.231. The van der Waals surface area contributed by atoms with E-state index in [1.54, 1.807) is 18.6 Å². The van der Waals surface area contributed by atoms with Crippen molar-refractivity contribution >= 4 is 17.5 Å². The number of benzene rings is 2. The summed E-state index contributed by atoms with van der Waals surface area (Å²) in [5.74, 6) is 1.40. The second-order valence-electron chi connectivity index (χ2n) is 11.0. The van der Waals surface area contributed by atoms with Gasteiger partial charge < -0.3 is 14.7 Å². The molecule has 1 fully saturated rings. The summed E-state index contributed by atoms with van der Waals surface area (Å²) in [6.45, 7) is 8.96. The second-order valence-corrected chi connectivity index (χ2v) is 11.0. The number of halogens is 3. The summed E-state index contributed by atoms with van der Waals surface area (Å²) in [5.41, 5.74) is 3.56. The first-order valence-electron chi connectivity index (χ1n) is 14.2. The number of rotatable bonds is 8. The molecule has 1 aliphatic heterocycles. The lowest BCUT2D eigenvalue weighted by Crippen LogP contribution is -2.47. The number of aryl methyl sites for hydroxylation is 1. The molecule has 2 aromatic heterocycles. The molecule has 10 heteroatoms. The van der Waals surface area contributed by atoms with Crippen LogP contribution in [0.1, 0.15) is 43.5 Å². The number of anilines is 3. The highest BCUT2D eigenvalue weighted by atomic mass is 19.4. The average molecular weight is 576 g/mol. The van der Waals surface area contributed by atoms with Crippen molar-refractivity contribution in [2.45, 2.75) is 58.4 Å². The molecule has 0 spiro atoms. The minimum Gasteiger partial charge on any atom is -0.333 e. The van der Waals surface area contributed by atoms with E-state index in [1.165, 1.54) is 12.1 Å². The number of hydrogen-bond donors (Lipinski definition) is 0. The third-order valence-electron chi connectivity index (χ3n) is 7.89. The molecule has 42 heavy (non-hydrogen) atoms. The molecule has 0 radical (unpaired) electrons. The number of hydrogen-bond acceptors (Lipinski definition) is 7. The molecule has 0 N–H and O–H groups in total. The van der Waals surface area contributed by atoms with Crippen LogP contribution in [0.15, 0.2) is 73.2 Å². The predicted octanol–water partition coefficient (Wildman–Crippen LogP) is 6.91. The van der Waals surface area contributed by atoms with Crippen LogP contribution in [0.4, 0.5) is 30.6 Å². The maximum absolute atomic E-state index is 13.1. The molecule has 0 atom stereocenters. The van der Waals surface area contributed by atoms with Crippen LogP contribution in [0.5, 0.6) is 0 Å². The van der Waals surface area contributed by atoms with Gasteiger partial charge in [0.25, 0.3) is 0 Å². The number of piperidine rings is 1. The van der Waals surface area contributed by atoms with Crippen LogP contribution >= 0.6 is 0 Å². The first-order chi connectivity index (χ1) is 20.1. The molecular weight excluding hydrogens is 539 g/mol. The molecule has 4 aromatic rings. The molecule has 1 saturated heterocycles. The summed E-state index contributed by atoms with van der Waals surface area (Å²) in [6.07, 6.45) is 0.819. The van der Waals surface area contributed by atoms with Crippen LogP contribution in [0.25, 0.3) is 11.3 Å². The molecule has 7 nitrogen and oxygen atoms in total. The summed E-state index contributed by atoms with van der Waals surface area (Å²) >= 11 is 0. The number of aromatic nitrogens is 4. The summed E-state index contributed by atoms with van der Waals surface area (Å²) in [5, 5.41) is 0. The van der Waals surface area contributed by atoms with Gasteiger partial charge in [0.15, 0.2) is 0 Å². The quantitative estimate of drug-likeness (QED) is 0.226. The summed E-state index contributed by atoms with van der Waals surface area (Å²) in [6, 6.07) is 17.9. The number of nitrogens with zero attached hydrogens (tertiary/aromatic N) is 7. The maximum atomic E-state index is 13.1. The van der Waals surface area contributed by atoms with E-state index < -0.39 is 11.7 Å². The first-order valence-corrected chi connectivity index (χ1v) is 14.2. The van der Waals surface area contributed by atoms with E-state index in [4.69, 9.17) is 4.98 Å². The van der Waals surface area contributed by atoms with Crippen LogP contribution in [0.2, 0.25) is 0 Å². The molecule has 220 valence electrons. The van der Waals surface area contributed by atoms with Crippen molar-refractivity contribution in [3.63, 3.8) is 0 Å². The van der Waals surface area contributed by atoms with Crippen LogP contribution in [0, 0.1) is 6.92 Å². The Morgan fingerprint density at radius 1 is 0.929 bits per heavy atom. The van der Waals surface area contributed by atoms with Crippen molar-refractivity contribution in [1.82, 2.24) is 24.8 Å². The van der Waals surface area contributed by atoms with E-state index in [1.807, 2.05) is 24.9 Å². The van der Waals surface area contributed by atoms with Gasteiger partial charge in [0.05, 0.1) is 11.3 Å². The Balaban J connectivity index is 1.41. The molecule has 0 saturated carbocycles. The van der Waals surface area contributed by atoms with Crippen LogP contribution in [0.3, 0.4) is 0 Å². The lowest BCUT2D eigenvalue weighted by atomic mass is 10.0. The Morgan fingerprint density at radius 3 is 2.24 bits per heavy atom. The van der Waals surface area contributed by atoms with E-state index in [2.05, 4.69) is 62.9 Å². The van der Waals surface area contributed by atoms with Gasteiger partial charge in [0, 0.05) is 68.0 Å². The fourth-order valence-corrected chi connectivity index (χ4v) is 5.33. The summed E-state index contributed by atoms with van der Waals surface area (Å²) in [7, 11) is 1.98. The molecule has 0 unspecified atom stereocenters. The first kappa shape index (κ1) is 29.4. The van der Waals surface area contributed by atoms with Gasteiger partial charge in [-0.25, -0.2) is 19.9 Å². The summed E-state index contributed by atoms with van der Waals surface area (Å²) in [4.78, 5) is 24.8. The van der Waals surface area contributed by atoms with E-state index in [-0.39, 0.29) is 6.04 Å². The Bertz CT molecular complexity index is 1460. The van der Waals surface area contributed by atoms with E-state index >= 15 is 0 Å². The highest BCUT2D eigenvalue weighted by Gasteiger charge is 2.30. The second kappa shape index (κ2) is 12.4. The molecule has 0 aliphatic carbocycles. The van der Waals surface area contributed by atoms with E-state index in [9.17, 15) is 13.2 Å². The van der Waals surface area contributed by atoms with Crippen molar-refractivity contribution < 1.29 is 13.2 Å². The van der Waals surface area contributed by atoms with Crippen molar-refractivity contribution in [3.8, 4) is 11.3 Å². The zero-order chi connectivity index (χ0) is 29.9. The average Bonchev–Trinajstić information content (AvgIpc) is 2.99. The fourth-order valence-electron chi connectivity index (χ4n) is 5.33. The van der Waals surface area contributed by atoms with Crippen molar-refractivity contribution in [3.05, 3.63) is 90.0 Å². The largest absolute Gasteiger partial charge is 0.416 e. The Kier molecular flexibility index (Phi) is 8.72. The van der Waals surface area contributed by atoms with Gasteiger partial charge in [0.2, 0.25) is 5.95 Å². The number of alkyl halides is 3. The van der Waals surface area contributed by atoms with Gasteiger partial charge in [-0.15, -0.1) is 0 Å². The molecule has 5 rings (SSSR count). The monoisotopic (exact) mass is 575 g/mol. The van der Waals surface area contributed by atoms with Crippen molar-refractivity contribution in [1.29, 1.82) is 0 Å². The molecule has 2 aromatic carbocycles. The topological polar surface area (TPSA) is 61.3 Å². The van der Waals surface area contributed by atoms with E-state index in [0.29, 0.717) is 29.8 Å². The SMILES string of the molecule is Cc1cc(N(C)c2ccc(CN(c3nccc(-c4ccc(C(F)(F)F)cc4)n3)C3CCN(C(C)C)CC3)cc2)ncn1. The van der Waals surface area contributed by atoms with E-state index in [0.717, 1.165) is 60.8 Å². The van der Waals surface area contributed by atoms with Gasteiger partial charge in [-0.2, -0.15) is 13.2 Å². The lowest BCUT2D eigenvalue weighted by molar-refractivity contribution is -0.137. The zero-order valence-corrected chi connectivity index (χ0v) is 24.4. The summed E-state index contributed by atoms with van der Waals surface area (Å²) < 4.78 is 39.3. The van der Waals surface area contributed by atoms with Gasteiger partial charge >= 0.3 is 6.18 Å². The van der Waals surface area contributed by atoms with Crippen LogP contribution in [-0.4, -0.2) is 57.1 Å². The Hall–Kier alpha value is -4.05. The van der Waals surface area contributed by atoms with Gasteiger partial charge in [-0.3, -0.25) is 0 Å². The van der Waals surface area contributed by atoms with Crippen LogP contribution < -0.4 is 9.80 Å². The molecule has 0 bridgehead atoms. The lowest BCUT2D eigenvalue weighted by Gasteiger charge is -2.40. The molecule has 1 aliphatic rings. The fraction of sp³-hybridized carbons (Fsp3) is 0.375. The van der Waals surface area contributed by atoms with Crippen molar-refractivity contribution in [2.75, 3.05) is 29.9 Å². The third kappa shape index (κ3) is 6.87. The van der Waals surface area contributed by atoms with Gasteiger partial charge in [-0.1, -0.05) is 24.3 Å². The third-order valence-corrected chi connectivity index (χ3v) is 7.89. The zero-order valence-electron chi connectivity index (χ0n) is 24.4. The molecular formula is C32H36F3N7. The minimum atomic E-state index is -4.38. The van der Waals surface area contributed by atoms with Gasteiger partial charge in [-0.05, 0) is 69.5 Å². The van der Waals surface area contributed by atoms with Crippen molar-refractivity contribution in [2.24, 2.45) is 0 Å². The Labute approximate surface area is 245 Å². The standard InChI is InChI=1S/C32H36F3N7/c1-22(2)41-17-14-28(15-18-41)42(20-24-5-11-27(12-6-24)40(4)30-19-23(3)37-21-38-30)31-36-16-13-29(39-31)25-7-9-26(10-8-25)32(33,34)35/h5-13,16,19,21-22,28H,14-15,17-18,20H2,1-4H3. The smallest absolute Gasteiger partial charge is 0.333 e. The van der Waals surface area contributed by atoms with Gasteiger partial charge in [0.1, 0.15) is 12.1 Å². The highest BCUT2D eigenvalue weighted by molar-refractivity contribution is 5.61. The maximum Gasteiger partial charge on any atom is 0.416 e. The van der Waals surface area contributed by atoms with Crippen LogP contribution in [-0.2, 0) is 12.7 Å². The molecule has 3 heterocycles. The predicted molar refractivity (Wildman–Crippen MR) is 160 cm³/mol. The Morgan fingerprint density at radius 2 is 1.62 bits per heavy atom. The normalized spacial score (nSPS) is 14.8. The highest BCUT2D eigenvalue weighted by Crippen LogP contribution is 2.32.